The third-order valence-corrected chi connectivity index (χ3v) is 2.81. The second-order valence-corrected chi connectivity index (χ2v) is 4.18. The quantitative estimate of drug-likeness (QED) is 0.881. The summed E-state index contributed by atoms with van der Waals surface area (Å²) in [4.78, 5) is 10.7. The van der Waals surface area contributed by atoms with Crippen LogP contribution in [-0.4, -0.2) is 37.2 Å². The summed E-state index contributed by atoms with van der Waals surface area (Å²) >= 11 is 0. The molecule has 5 nitrogen and oxygen atoms in total. The highest BCUT2D eigenvalue weighted by Gasteiger charge is 2.06. The first-order valence-corrected chi connectivity index (χ1v) is 6.13. The third-order valence-electron chi connectivity index (χ3n) is 2.81. The number of aromatic nitrogens is 2. The topological polar surface area (TPSA) is 64.3 Å². The van der Waals surface area contributed by atoms with Gasteiger partial charge >= 0.3 is 0 Å². The first-order valence-electron chi connectivity index (χ1n) is 6.13. The van der Waals surface area contributed by atoms with E-state index in [4.69, 9.17) is 10.5 Å². The molecule has 0 atom stereocenters. The Labute approximate surface area is 113 Å². The number of hydrogen-bond acceptors (Lipinski definition) is 5. The minimum Gasteiger partial charge on any atom is -0.497 e. The highest BCUT2D eigenvalue weighted by Crippen LogP contribution is 2.22. The van der Waals surface area contributed by atoms with Gasteiger partial charge in [-0.1, -0.05) is 12.1 Å². The standard InChI is InChI=1S/C14H18N4O/c1-18(9-7-15)14-16-8-6-13(17-14)11-4-3-5-12(10-11)19-2/h3-6,8,10H,7,9,15H2,1-2H3. The lowest BCUT2D eigenvalue weighted by Crippen LogP contribution is -2.26. The monoisotopic (exact) mass is 258 g/mol. The van der Waals surface area contributed by atoms with Crippen LogP contribution in [0.25, 0.3) is 11.3 Å². The summed E-state index contributed by atoms with van der Waals surface area (Å²) in [6.45, 7) is 1.30. The number of nitrogens with zero attached hydrogens (tertiary/aromatic N) is 3. The SMILES string of the molecule is COc1cccc(-c2ccnc(N(C)CCN)n2)c1. The number of benzene rings is 1. The van der Waals surface area contributed by atoms with E-state index >= 15 is 0 Å². The van der Waals surface area contributed by atoms with E-state index in [1.54, 1.807) is 13.3 Å². The van der Waals surface area contributed by atoms with E-state index in [1.165, 1.54) is 0 Å². The summed E-state index contributed by atoms with van der Waals surface area (Å²) in [6, 6.07) is 9.69. The molecule has 2 rings (SSSR count). The zero-order valence-corrected chi connectivity index (χ0v) is 11.2. The first-order chi connectivity index (χ1) is 9.24. The molecule has 0 amide bonds. The van der Waals surface area contributed by atoms with Gasteiger partial charge in [-0.15, -0.1) is 0 Å². The summed E-state index contributed by atoms with van der Waals surface area (Å²) in [5.74, 6) is 1.48. The molecular weight excluding hydrogens is 240 g/mol. The lowest BCUT2D eigenvalue weighted by Gasteiger charge is -2.16. The number of ether oxygens (including phenoxy) is 1. The number of anilines is 1. The maximum atomic E-state index is 5.54. The molecule has 19 heavy (non-hydrogen) atoms. The molecular formula is C14H18N4O. The zero-order chi connectivity index (χ0) is 13.7. The van der Waals surface area contributed by atoms with Crippen molar-refractivity contribution in [3.05, 3.63) is 36.5 Å². The summed E-state index contributed by atoms with van der Waals surface area (Å²) in [6.07, 6.45) is 1.75. The van der Waals surface area contributed by atoms with Gasteiger partial charge in [0.2, 0.25) is 5.95 Å². The Bertz CT molecular complexity index is 544. The average Bonchev–Trinajstić information content (AvgIpc) is 2.48. The summed E-state index contributed by atoms with van der Waals surface area (Å²) < 4.78 is 5.22. The van der Waals surface area contributed by atoms with Crippen molar-refractivity contribution in [2.24, 2.45) is 5.73 Å². The fourth-order valence-electron chi connectivity index (χ4n) is 1.77. The molecule has 1 heterocycles. The van der Waals surface area contributed by atoms with E-state index in [9.17, 15) is 0 Å². The smallest absolute Gasteiger partial charge is 0.225 e. The molecule has 1 aromatic heterocycles. The van der Waals surface area contributed by atoms with Crippen LogP contribution in [0.3, 0.4) is 0 Å². The molecule has 1 aromatic carbocycles. The van der Waals surface area contributed by atoms with Gasteiger partial charge in [-0.2, -0.15) is 0 Å². The van der Waals surface area contributed by atoms with Gasteiger partial charge < -0.3 is 15.4 Å². The van der Waals surface area contributed by atoms with Crippen molar-refractivity contribution >= 4 is 5.95 Å². The van der Waals surface area contributed by atoms with Crippen LogP contribution in [0.4, 0.5) is 5.95 Å². The van der Waals surface area contributed by atoms with Crippen LogP contribution >= 0.6 is 0 Å². The maximum absolute atomic E-state index is 5.54. The van der Waals surface area contributed by atoms with Crippen LogP contribution in [0.5, 0.6) is 5.75 Å². The number of likely N-dealkylation sites (N-methyl/N-ethyl adjacent to an activating group) is 1. The molecule has 0 aliphatic rings. The molecule has 2 N–H and O–H groups in total. The first kappa shape index (κ1) is 13.3. The Kier molecular flexibility index (Phi) is 4.30. The summed E-state index contributed by atoms with van der Waals surface area (Å²) in [5.41, 5.74) is 7.41. The van der Waals surface area contributed by atoms with Gasteiger partial charge in [0.15, 0.2) is 0 Å². The second kappa shape index (κ2) is 6.15. The highest BCUT2D eigenvalue weighted by molar-refractivity contribution is 5.62. The van der Waals surface area contributed by atoms with E-state index < -0.39 is 0 Å². The van der Waals surface area contributed by atoms with Gasteiger partial charge in [-0.05, 0) is 18.2 Å². The molecule has 0 spiro atoms. The number of hydrogen-bond donors (Lipinski definition) is 1. The normalized spacial score (nSPS) is 10.3. The Morgan fingerprint density at radius 1 is 1.32 bits per heavy atom. The molecule has 100 valence electrons. The molecule has 0 fully saturated rings. The second-order valence-electron chi connectivity index (χ2n) is 4.18. The Morgan fingerprint density at radius 2 is 2.16 bits per heavy atom. The van der Waals surface area contributed by atoms with Gasteiger partial charge in [-0.3, -0.25) is 0 Å². The van der Waals surface area contributed by atoms with Crippen molar-refractivity contribution in [1.82, 2.24) is 9.97 Å². The minimum atomic E-state index is 0.573. The zero-order valence-electron chi connectivity index (χ0n) is 11.2. The lowest BCUT2D eigenvalue weighted by atomic mass is 10.1. The van der Waals surface area contributed by atoms with E-state index in [2.05, 4.69) is 9.97 Å². The van der Waals surface area contributed by atoms with Crippen LogP contribution < -0.4 is 15.4 Å². The summed E-state index contributed by atoms with van der Waals surface area (Å²) in [7, 11) is 3.58. The van der Waals surface area contributed by atoms with Crippen molar-refractivity contribution in [3.63, 3.8) is 0 Å². The van der Waals surface area contributed by atoms with Crippen LogP contribution in [0, 0.1) is 0 Å². The third kappa shape index (κ3) is 3.20. The van der Waals surface area contributed by atoms with Gasteiger partial charge in [0, 0.05) is 31.9 Å². The molecule has 0 bridgehead atoms. The Balaban J connectivity index is 2.31. The fraction of sp³-hybridized carbons (Fsp3) is 0.286. The molecule has 0 saturated carbocycles. The van der Waals surface area contributed by atoms with Gasteiger partial charge in [-0.25, -0.2) is 9.97 Å². The average molecular weight is 258 g/mol. The Hall–Kier alpha value is -2.14. The van der Waals surface area contributed by atoms with E-state index in [0.717, 1.165) is 23.6 Å². The maximum Gasteiger partial charge on any atom is 0.225 e. The van der Waals surface area contributed by atoms with Crippen molar-refractivity contribution in [2.75, 3.05) is 32.1 Å². The highest BCUT2D eigenvalue weighted by atomic mass is 16.5. The molecule has 0 aliphatic heterocycles. The summed E-state index contributed by atoms with van der Waals surface area (Å²) in [5, 5.41) is 0. The van der Waals surface area contributed by atoms with Crippen LogP contribution in [-0.2, 0) is 0 Å². The predicted octanol–water partition coefficient (Wildman–Crippen LogP) is 1.55. The van der Waals surface area contributed by atoms with E-state index in [-0.39, 0.29) is 0 Å². The van der Waals surface area contributed by atoms with Gasteiger partial charge in [0.1, 0.15) is 5.75 Å². The van der Waals surface area contributed by atoms with E-state index in [1.807, 2.05) is 42.3 Å². The molecule has 0 aliphatic carbocycles. The molecule has 0 radical (unpaired) electrons. The lowest BCUT2D eigenvalue weighted by molar-refractivity contribution is 0.415. The van der Waals surface area contributed by atoms with Crippen molar-refractivity contribution < 1.29 is 4.74 Å². The molecule has 0 unspecified atom stereocenters. The molecule has 2 aromatic rings. The number of rotatable bonds is 5. The number of methoxy groups -OCH3 is 1. The minimum absolute atomic E-state index is 0.573. The van der Waals surface area contributed by atoms with Crippen molar-refractivity contribution in [2.45, 2.75) is 0 Å². The van der Waals surface area contributed by atoms with Gasteiger partial charge in [0.25, 0.3) is 0 Å². The van der Waals surface area contributed by atoms with Gasteiger partial charge in [0.05, 0.1) is 12.8 Å². The van der Waals surface area contributed by atoms with Crippen molar-refractivity contribution in [1.29, 1.82) is 0 Å². The van der Waals surface area contributed by atoms with Crippen molar-refractivity contribution in [3.8, 4) is 17.0 Å². The van der Waals surface area contributed by atoms with Crippen LogP contribution in [0.1, 0.15) is 0 Å². The van der Waals surface area contributed by atoms with Crippen LogP contribution in [0.15, 0.2) is 36.5 Å². The number of nitrogens with two attached hydrogens (primary N) is 1. The molecule has 5 heteroatoms. The predicted molar refractivity (Wildman–Crippen MR) is 76.3 cm³/mol. The molecule has 0 saturated heterocycles. The largest absolute Gasteiger partial charge is 0.497 e. The Morgan fingerprint density at radius 3 is 2.89 bits per heavy atom. The fourth-order valence-corrected chi connectivity index (χ4v) is 1.77. The van der Waals surface area contributed by atoms with E-state index in [0.29, 0.717) is 12.5 Å². The van der Waals surface area contributed by atoms with Crippen LogP contribution in [0.2, 0.25) is 0 Å².